The van der Waals surface area contributed by atoms with Gasteiger partial charge in [-0.15, -0.1) is 0 Å². The minimum Gasteiger partial charge on any atom is -0.396 e. The van der Waals surface area contributed by atoms with Crippen LogP contribution in [0.2, 0.25) is 0 Å². The Morgan fingerprint density at radius 1 is 1.21 bits per heavy atom. The van der Waals surface area contributed by atoms with E-state index < -0.39 is 0 Å². The number of amides is 2. The number of benzene rings is 1. The van der Waals surface area contributed by atoms with Gasteiger partial charge in [0.1, 0.15) is 5.82 Å². The average Bonchev–Trinajstić information content (AvgIpc) is 2.62. The van der Waals surface area contributed by atoms with E-state index in [2.05, 4.69) is 10.2 Å². The molecule has 1 unspecified atom stereocenters. The highest BCUT2D eigenvalue weighted by Crippen LogP contribution is 2.30. The number of aliphatic hydroxyl groups is 1. The molecule has 0 bridgehead atoms. The van der Waals surface area contributed by atoms with Crippen molar-refractivity contribution >= 4 is 17.4 Å². The lowest BCUT2D eigenvalue weighted by Crippen LogP contribution is -2.43. The zero-order valence-electron chi connectivity index (χ0n) is 14.0. The zero-order chi connectivity index (χ0) is 16.9. The Hall–Kier alpha value is -1.82. The molecule has 24 heavy (non-hydrogen) atoms. The molecule has 2 aliphatic heterocycles. The highest BCUT2D eigenvalue weighted by atomic mass is 19.1. The number of rotatable bonds is 3. The van der Waals surface area contributed by atoms with E-state index in [0.29, 0.717) is 18.8 Å². The molecule has 2 heterocycles. The molecule has 0 aromatic heterocycles. The summed E-state index contributed by atoms with van der Waals surface area (Å²) in [5, 5.41) is 12.2. The molecule has 2 saturated heterocycles. The summed E-state index contributed by atoms with van der Waals surface area (Å²) in [6.07, 6.45) is 5.29. The lowest BCUT2D eigenvalue weighted by atomic mass is 9.99. The van der Waals surface area contributed by atoms with Gasteiger partial charge in [0, 0.05) is 32.8 Å². The third-order valence-corrected chi connectivity index (χ3v) is 4.96. The number of nitrogens with zero attached hydrogens (tertiary/aromatic N) is 2. The SMILES string of the molecule is O=C(Nc1cc(F)ccc1N1CCCCC1)N1CCCC(CO)C1. The minimum absolute atomic E-state index is 0.1000. The minimum atomic E-state index is -0.349. The van der Waals surface area contributed by atoms with Gasteiger partial charge in [0.05, 0.1) is 11.4 Å². The molecule has 2 N–H and O–H groups in total. The van der Waals surface area contributed by atoms with Crippen molar-refractivity contribution in [3.63, 3.8) is 0 Å². The van der Waals surface area contributed by atoms with E-state index in [1.54, 1.807) is 11.0 Å². The molecule has 0 saturated carbocycles. The first-order chi connectivity index (χ1) is 11.7. The van der Waals surface area contributed by atoms with Gasteiger partial charge in [-0.1, -0.05) is 0 Å². The molecule has 0 aliphatic carbocycles. The quantitative estimate of drug-likeness (QED) is 0.893. The topological polar surface area (TPSA) is 55.8 Å². The van der Waals surface area contributed by atoms with Gasteiger partial charge < -0.3 is 20.2 Å². The number of urea groups is 1. The molecular weight excluding hydrogens is 309 g/mol. The summed E-state index contributed by atoms with van der Waals surface area (Å²) in [7, 11) is 0. The van der Waals surface area contributed by atoms with Crippen LogP contribution in [0.15, 0.2) is 18.2 Å². The normalized spacial score (nSPS) is 21.7. The Morgan fingerprint density at radius 3 is 2.75 bits per heavy atom. The van der Waals surface area contributed by atoms with E-state index in [0.717, 1.165) is 44.5 Å². The molecule has 132 valence electrons. The fourth-order valence-electron chi connectivity index (χ4n) is 3.61. The molecule has 6 heteroatoms. The number of piperidine rings is 2. The maximum absolute atomic E-state index is 13.7. The van der Waals surface area contributed by atoms with Crippen LogP contribution in [0, 0.1) is 11.7 Å². The maximum atomic E-state index is 13.7. The molecule has 3 rings (SSSR count). The van der Waals surface area contributed by atoms with Crippen molar-refractivity contribution in [1.82, 2.24) is 4.90 Å². The largest absolute Gasteiger partial charge is 0.396 e. The van der Waals surface area contributed by atoms with Gasteiger partial charge in [-0.25, -0.2) is 9.18 Å². The summed E-state index contributed by atoms with van der Waals surface area (Å²) < 4.78 is 13.7. The Balaban J connectivity index is 1.73. The standard InChI is InChI=1S/C18H26FN3O2/c19-15-6-7-17(21-8-2-1-3-9-21)16(11-15)20-18(24)22-10-4-5-14(12-22)13-23/h6-7,11,14,23H,1-5,8-10,12-13H2,(H,20,24). The Labute approximate surface area is 142 Å². The van der Waals surface area contributed by atoms with E-state index in [1.807, 2.05) is 0 Å². The lowest BCUT2D eigenvalue weighted by Gasteiger charge is -2.33. The van der Waals surface area contributed by atoms with Crippen LogP contribution in [-0.4, -0.2) is 48.8 Å². The number of aliphatic hydroxyl groups excluding tert-OH is 1. The second-order valence-electron chi connectivity index (χ2n) is 6.78. The fourth-order valence-corrected chi connectivity index (χ4v) is 3.61. The van der Waals surface area contributed by atoms with Gasteiger partial charge in [-0.05, 0) is 56.2 Å². The summed E-state index contributed by atoms with van der Waals surface area (Å²) in [5.41, 5.74) is 1.42. The molecular formula is C18H26FN3O2. The number of hydrogen-bond acceptors (Lipinski definition) is 3. The molecule has 5 nitrogen and oxygen atoms in total. The fraction of sp³-hybridized carbons (Fsp3) is 0.611. The molecule has 2 amide bonds. The van der Waals surface area contributed by atoms with Gasteiger partial charge >= 0.3 is 6.03 Å². The highest BCUT2D eigenvalue weighted by Gasteiger charge is 2.24. The smallest absolute Gasteiger partial charge is 0.321 e. The van der Waals surface area contributed by atoms with E-state index in [-0.39, 0.29) is 24.4 Å². The van der Waals surface area contributed by atoms with Crippen LogP contribution in [0.4, 0.5) is 20.6 Å². The number of anilines is 2. The van der Waals surface area contributed by atoms with Gasteiger partial charge in [-0.3, -0.25) is 0 Å². The van der Waals surface area contributed by atoms with Crippen LogP contribution in [0.1, 0.15) is 32.1 Å². The van der Waals surface area contributed by atoms with Crippen molar-refractivity contribution < 1.29 is 14.3 Å². The number of carbonyl (C=O) groups excluding carboxylic acids is 1. The monoisotopic (exact) mass is 335 g/mol. The molecule has 1 aromatic carbocycles. The summed E-state index contributed by atoms with van der Waals surface area (Å²) in [5.74, 6) is -0.212. The Bertz CT molecular complexity index is 575. The zero-order valence-corrected chi connectivity index (χ0v) is 14.0. The first kappa shape index (κ1) is 17.0. The van der Waals surface area contributed by atoms with Crippen LogP contribution in [-0.2, 0) is 0 Å². The summed E-state index contributed by atoms with van der Waals surface area (Å²) in [6.45, 7) is 3.20. The molecule has 0 spiro atoms. The highest BCUT2D eigenvalue weighted by molar-refractivity contribution is 5.93. The van der Waals surface area contributed by atoms with Crippen molar-refractivity contribution in [2.75, 3.05) is 43.0 Å². The first-order valence-corrected chi connectivity index (χ1v) is 8.88. The molecule has 2 aliphatic rings. The third kappa shape index (κ3) is 3.98. The number of hydrogen-bond donors (Lipinski definition) is 2. The predicted molar refractivity (Wildman–Crippen MR) is 92.9 cm³/mol. The van der Waals surface area contributed by atoms with Crippen molar-refractivity contribution in [2.45, 2.75) is 32.1 Å². The van der Waals surface area contributed by atoms with Crippen LogP contribution < -0.4 is 10.2 Å². The molecule has 1 aromatic rings. The first-order valence-electron chi connectivity index (χ1n) is 8.88. The van der Waals surface area contributed by atoms with Gasteiger partial charge in [-0.2, -0.15) is 0 Å². The van der Waals surface area contributed by atoms with Crippen LogP contribution in [0.3, 0.4) is 0 Å². The van der Waals surface area contributed by atoms with E-state index in [9.17, 15) is 14.3 Å². The number of nitrogens with one attached hydrogen (secondary N) is 1. The van der Waals surface area contributed by atoms with Gasteiger partial charge in [0.25, 0.3) is 0 Å². The maximum Gasteiger partial charge on any atom is 0.321 e. The van der Waals surface area contributed by atoms with Crippen molar-refractivity contribution in [3.8, 4) is 0 Å². The average molecular weight is 335 g/mol. The van der Waals surface area contributed by atoms with Gasteiger partial charge in [0.2, 0.25) is 0 Å². The van der Waals surface area contributed by atoms with Crippen LogP contribution in [0.5, 0.6) is 0 Å². The van der Waals surface area contributed by atoms with Gasteiger partial charge in [0.15, 0.2) is 0 Å². The Morgan fingerprint density at radius 2 is 2.00 bits per heavy atom. The number of carbonyl (C=O) groups is 1. The molecule has 1 atom stereocenters. The summed E-state index contributed by atoms with van der Waals surface area (Å²) in [6, 6.07) is 4.39. The van der Waals surface area contributed by atoms with E-state index in [4.69, 9.17) is 0 Å². The lowest BCUT2D eigenvalue weighted by molar-refractivity contribution is 0.136. The molecule has 2 fully saturated rings. The Kier molecular flexibility index (Phi) is 5.56. The van der Waals surface area contributed by atoms with Crippen molar-refractivity contribution in [2.24, 2.45) is 5.92 Å². The second-order valence-corrected chi connectivity index (χ2v) is 6.78. The number of halogens is 1. The third-order valence-electron chi connectivity index (χ3n) is 4.96. The van der Waals surface area contributed by atoms with E-state index >= 15 is 0 Å². The van der Waals surface area contributed by atoms with Crippen molar-refractivity contribution in [1.29, 1.82) is 0 Å². The van der Waals surface area contributed by atoms with Crippen LogP contribution in [0.25, 0.3) is 0 Å². The van der Waals surface area contributed by atoms with Crippen molar-refractivity contribution in [3.05, 3.63) is 24.0 Å². The predicted octanol–water partition coefficient (Wildman–Crippen LogP) is 3.05. The van der Waals surface area contributed by atoms with E-state index in [1.165, 1.54) is 18.6 Å². The van der Waals surface area contributed by atoms with Crippen LogP contribution >= 0.6 is 0 Å². The molecule has 0 radical (unpaired) electrons. The summed E-state index contributed by atoms with van der Waals surface area (Å²) >= 11 is 0. The number of likely N-dealkylation sites (tertiary alicyclic amines) is 1. The summed E-state index contributed by atoms with van der Waals surface area (Å²) in [4.78, 5) is 16.5. The second kappa shape index (κ2) is 7.83.